The second-order valence-electron chi connectivity index (χ2n) is 5.39. The van der Waals surface area contributed by atoms with E-state index in [1.165, 1.54) is 11.3 Å². The van der Waals surface area contributed by atoms with Crippen LogP contribution in [0.25, 0.3) is 0 Å². The standard InChI is InChI=1S/C17H13ClN4O2S2/c18-11-3-1-10(2-4-11)12-7-14(23)21-16(13(12)8-19)26-9-15(24)22-17-20-5-6-25-17/h1-6,12H,7,9H2,(H,21,23)(H,20,22,24)/t12-/m1/s1. The van der Waals surface area contributed by atoms with Crippen molar-refractivity contribution in [2.75, 3.05) is 11.1 Å². The predicted molar refractivity (Wildman–Crippen MR) is 103 cm³/mol. The van der Waals surface area contributed by atoms with Gasteiger partial charge in [-0.25, -0.2) is 4.98 Å². The van der Waals surface area contributed by atoms with Crippen molar-refractivity contribution in [2.45, 2.75) is 12.3 Å². The Kier molecular flexibility index (Phi) is 5.93. The van der Waals surface area contributed by atoms with E-state index in [2.05, 4.69) is 21.7 Å². The number of carbonyl (C=O) groups is 2. The van der Waals surface area contributed by atoms with Crippen LogP contribution in [-0.2, 0) is 9.59 Å². The molecule has 0 spiro atoms. The number of nitrogens with zero attached hydrogens (tertiary/aromatic N) is 2. The van der Waals surface area contributed by atoms with Crippen LogP contribution in [0.5, 0.6) is 0 Å². The maximum atomic E-state index is 12.1. The first-order valence-corrected chi connectivity index (χ1v) is 9.83. The van der Waals surface area contributed by atoms with Crippen LogP contribution < -0.4 is 10.6 Å². The van der Waals surface area contributed by atoms with Gasteiger partial charge < -0.3 is 10.6 Å². The molecule has 1 aromatic carbocycles. The van der Waals surface area contributed by atoms with Gasteiger partial charge in [0, 0.05) is 28.9 Å². The molecule has 1 aromatic heterocycles. The summed E-state index contributed by atoms with van der Waals surface area (Å²) >= 11 is 8.36. The van der Waals surface area contributed by atoms with Gasteiger partial charge in [0.1, 0.15) is 0 Å². The molecule has 2 heterocycles. The third-order valence-corrected chi connectivity index (χ3v) is 5.61. The number of halogens is 1. The highest BCUT2D eigenvalue weighted by Crippen LogP contribution is 2.36. The molecule has 1 atom stereocenters. The van der Waals surface area contributed by atoms with Crippen LogP contribution in [0.1, 0.15) is 17.9 Å². The van der Waals surface area contributed by atoms with Crippen LogP contribution in [0, 0.1) is 11.3 Å². The van der Waals surface area contributed by atoms with Gasteiger partial charge in [-0.05, 0) is 17.7 Å². The van der Waals surface area contributed by atoms with Crippen LogP contribution in [0.4, 0.5) is 5.13 Å². The van der Waals surface area contributed by atoms with Gasteiger partial charge in [-0.2, -0.15) is 5.26 Å². The van der Waals surface area contributed by atoms with E-state index in [1.54, 1.807) is 35.8 Å². The van der Waals surface area contributed by atoms with Crippen molar-refractivity contribution in [3.05, 3.63) is 57.0 Å². The molecule has 0 saturated heterocycles. The average molecular weight is 405 g/mol. The van der Waals surface area contributed by atoms with Crippen molar-refractivity contribution in [2.24, 2.45) is 0 Å². The van der Waals surface area contributed by atoms with E-state index in [4.69, 9.17) is 11.6 Å². The lowest BCUT2D eigenvalue weighted by Gasteiger charge is -2.25. The highest BCUT2D eigenvalue weighted by Gasteiger charge is 2.29. The fraction of sp³-hybridized carbons (Fsp3) is 0.176. The predicted octanol–water partition coefficient (Wildman–Crippen LogP) is 3.51. The summed E-state index contributed by atoms with van der Waals surface area (Å²) in [4.78, 5) is 28.1. The number of nitrogens with one attached hydrogen (secondary N) is 2. The zero-order chi connectivity index (χ0) is 18.5. The van der Waals surface area contributed by atoms with Gasteiger partial charge in [-0.1, -0.05) is 35.5 Å². The lowest BCUT2D eigenvalue weighted by molar-refractivity contribution is -0.121. The lowest BCUT2D eigenvalue weighted by Crippen LogP contribution is -2.31. The molecule has 0 saturated carbocycles. The van der Waals surface area contributed by atoms with Crippen LogP contribution in [0.2, 0.25) is 5.02 Å². The van der Waals surface area contributed by atoms with E-state index in [-0.39, 0.29) is 29.9 Å². The Morgan fingerprint density at radius 2 is 2.23 bits per heavy atom. The van der Waals surface area contributed by atoms with E-state index in [9.17, 15) is 14.9 Å². The fourth-order valence-corrected chi connectivity index (χ4v) is 4.04. The van der Waals surface area contributed by atoms with Gasteiger partial charge in [-0.3, -0.25) is 9.59 Å². The SMILES string of the molecule is N#CC1=C(SCC(=O)Nc2nccs2)NC(=O)C[C@@H]1c1ccc(Cl)cc1. The minimum absolute atomic E-state index is 0.0632. The van der Waals surface area contributed by atoms with Gasteiger partial charge in [0.2, 0.25) is 11.8 Å². The number of thiazole rings is 1. The first-order valence-electron chi connectivity index (χ1n) is 7.58. The average Bonchev–Trinajstić information content (AvgIpc) is 3.13. The maximum Gasteiger partial charge on any atom is 0.236 e. The van der Waals surface area contributed by atoms with Crippen molar-refractivity contribution < 1.29 is 9.59 Å². The number of amides is 2. The molecule has 9 heteroatoms. The highest BCUT2D eigenvalue weighted by molar-refractivity contribution is 8.03. The lowest BCUT2D eigenvalue weighted by atomic mass is 9.87. The van der Waals surface area contributed by atoms with Crippen molar-refractivity contribution in [1.29, 1.82) is 5.26 Å². The smallest absolute Gasteiger partial charge is 0.236 e. The Labute approximate surface area is 163 Å². The zero-order valence-corrected chi connectivity index (χ0v) is 15.7. The molecule has 26 heavy (non-hydrogen) atoms. The number of hydrogen-bond donors (Lipinski definition) is 2. The first-order chi connectivity index (χ1) is 12.6. The first kappa shape index (κ1) is 18.5. The molecule has 2 amide bonds. The highest BCUT2D eigenvalue weighted by atomic mass is 35.5. The molecule has 1 aliphatic rings. The number of anilines is 1. The Hall–Kier alpha value is -2.34. The Morgan fingerprint density at radius 3 is 2.88 bits per heavy atom. The van der Waals surface area contributed by atoms with E-state index >= 15 is 0 Å². The van der Waals surface area contributed by atoms with Crippen molar-refractivity contribution in [1.82, 2.24) is 10.3 Å². The van der Waals surface area contributed by atoms with Crippen molar-refractivity contribution in [3.8, 4) is 6.07 Å². The second kappa shape index (κ2) is 8.36. The molecule has 0 aliphatic carbocycles. The molecular weight excluding hydrogens is 392 g/mol. The van der Waals surface area contributed by atoms with Crippen LogP contribution in [-0.4, -0.2) is 22.6 Å². The Balaban J connectivity index is 1.76. The molecule has 1 aliphatic heterocycles. The quantitative estimate of drug-likeness (QED) is 0.795. The number of benzene rings is 1. The summed E-state index contributed by atoms with van der Waals surface area (Å²) in [7, 11) is 0. The molecule has 132 valence electrons. The molecule has 3 rings (SSSR count). The molecule has 0 unspecified atom stereocenters. The number of allylic oxidation sites excluding steroid dienone is 1. The van der Waals surface area contributed by atoms with E-state index in [0.29, 0.717) is 20.8 Å². The number of carbonyl (C=O) groups excluding carboxylic acids is 2. The summed E-state index contributed by atoms with van der Waals surface area (Å²) in [6.07, 6.45) is 1.78. The van der Waals surface area contributed by atoms with Crippen LogP contribution in [0.3, 0.4) is 0 Å². The molecule has 2 aromatic rings. The van der Waals surface area contributed by atoms with Crippen molar-refractivity contribution >= 4 is 51.6 Å². The summed E-state index contributed by atoms with van der Waals surface area (Å²) in [6, 6.07) is 9.25. The largest absolute Gasteiger partial charge is 0.320 e. The number of hydrogen-bond acceptors (Lipinski definition) is 6. The monoisotopic (exact) mass is 404 g/mol. The Bertz CT molecular complexity index is 888. The van der Waals surface area contributed by atoms with E-state index in [1.807, 2.05) is 0 Å². The normalized spacial score (nSPS) is 16.8. The maximum absolute atomic E-state index is 12.1. The third kappa shape index (κ3) is 4.43. The molecule has 0 bridgehead atoms. The zero-order valence-electron chi connectivity index (χ0n) is 13.4. The number of rotatable bonds is 5. The van der Waals surface area contributed by atoms with Gasteiger partial charge in [0.25, 0.3) is 0 Å². The third-order valence-electron chi connectivity index (χ3n) is 3.65. The summed E-state index contributed by atoms with van der Waals surface area (Å²) in [5.74, 6) is -0.729. The number of thioether (sulfide) groups is 1. The minimum atomic E-state index is -0.351. The van der Waals surface area contributed by atoms with Gasteiger partial charge >= 0.3 is 0 Å². The van der Waals surface area contributed by atoms with Gasteiger partial charge in [0.15, 0.2) is 5.13 Å². The second-order valence-corrected chi connectivity index (χ2v) is 7.70. The topological polar surface area (TPSA) is 94.9 Å². The molecular formula is C17H13ClN4O2S2. The van der Waals surface area contributed by atoms with Crippen molar-refractivity contribution in [3.63, 3.8) is 0 Å². The molecule has 0 fully saturated rings. The summed E-state index contributed by atoms with van der Waals surface area (Å²) < 4.78 is 0. The van der Waals surface area contributed by atoms with E-state index in [0.717, 1.165) is 17.3 Å². The fourth-order valence-electron chi connectivity index (χ4n) is 2.49. The summed E-state index contributed by atoms with van der Waals surface area (Å²) in [6.45, 7) is 0. The van der Waals surface area contributed by atoms with Gasteiger partial charge in [-0.15, -0.1) is 11.3 Å². The molecule has 2 N–H and O–H groups in total. The number of aromatic nitrogens is 1. The molecule has 6 nitrogen and oxygen atoms in total. The van der Waals surface area contributed by atoms with Crippen LogP contribution >= 0.6 is 34.7 Å². The van der Waals surface area contributed by atoms with Crippen LogP contribution in [0.15, 0.2) is 46.4 Å². The summed E-state index contributed by atoms with van der Waals surface area (Å²) in [5, 5.41) is 18.2. The summed E-state index contributed by atoms with van der Waals surface area (Å²) in [5.41, 5.74) is 1.28. The minimum Gasteiger partial charge on any atom is -0.320 e. The Morgan fingerprint density at radius 1 is 1.46 bits per heavy atom. The van der Waals surface area contributed by atoms with E-state index < -0.39 is 0 Å². The van der Waals surface area contributed by atoms with Gasteiger partial charge in [0.05, 0.1) is 22.4 Å². The number of nitriles is 1. The molecule has 0 radical (unpaired) electrons.